The van der Waals surface area contributed by atoms with Crippen LogP contribution in [0.2, 0.25) is 0 Å². The Morgan fingerprint density at radius 2 is 1.05 bits per heavy atom. The molecule has 0 amide bonds. The highest BCUT2D eigenvalue weighted by molar-refractivity contribution is 7.25. The van der Waals surface area contributed by atoms with Gasteiger partial charge >= 0.3 is 0 Å². The van der Waals surface area contributed by atoms with Crippen molar-refractivity contribution in [3.8, 4) is 33.4 Å². The zero-order chi connectivity index (χ0) is 27.6. The summed E-state index contributed by atoms with van der Waals surface area (Å²) in [7, 11) is 0. The van der Waals surface area contributed by atoms with E-state index in [0.29, 0.717) is 0 Å². The minimum absolute atomic E-state index is 1.18. The van der Waals surface area contributed by atoms with E-state index < -0.39 is 0 Å². The Bertz CT molecular complexity index is 2470. The zero-order valence-electron chi connectivity index (χ0n) is 22.8. The maximum atomic E-state index is 3.75. The third-order valence-corrected chi connectivity index (χ3v) is 9.74. The van der Waals surface area contributed by atoms with E-state index in [1.807, 2.05) is 11.3 Å². The van der Waals surface area contributed by atoms with Crippen molar-refractivity contribution in [3.63, 3.8) is 0 Å². The number of aromatic nitrogens is 1. The molecule has 7 aromatic carbocycles. The molecule has 0 aliphatic heterocycles. The van der Waals surface area contributed by atoms with Gasteiger partial charge in [0.15, 0.2) is 0 Å². The minimum atomic E-state index is 1.18. The fourth-order valence-electron chi connectivity index (χ4n) is 6.59. The summed E-state index contributed by atoms with van der Waals surface area (Å²) < 4.78 is 2.67. The molecule has 2 aromatic heterocycles. The average molecular weight is 552 g/mol. The largest absolute Gasteiger partial charge is 0.354 e. The number of fused-ring (bicyclic) bond motifs is 8. The quantitative estimate of drug-likeness (QED) is 0.225. The van der Waals surface area contributed by atoms with E-state index in [1.165, 1.54) is 86.1 Å². The van der Waals surface area contributed by atoms with Gasteiger partial charge in [-0.3, -0.25) is 0 Å². The fourth-order valence-corrected chi connectivity index (χ4v) is 7.73. The van der Waals surface area contributed by atoms with Gasteiger partial charge in [-0.2, -0.15) is 0 Å². The fraction of sp³-hybridized carbons (Fsp3) is 0. The molecule has 0 unspecified atom stereocenters. The summed E-state index contributed by atoms with van der Waals surface area (Å²) >= 11 is 1.87. The number of aromatic amines is 1. The maximum Gasteiger partial charge on any atom is 0.0544 e. The monoisotopic (exact) mass is 551 g/mol. The highest BCUT2D eigenvalue weighted by Crippen LogP contribution is 2.39. The predicted molar refractivity (Wildman–Crippen MR) is 183 cm³/mol. The van der Waals surface area contributed by atoms with Gasteiger partial charge in [0.2, 0.25) is 0 Å². The van der Waals surface area contributed by atoms with Crippen LogP contribution < -0.4 is 0 Å². The van der Waals surface area contributed by atoms with E-state index >= 15 is 0 Å². The van der Waals surface area contributed by atoms with Crippen molar-refractivity contribution in [3.05, 3.63) is 146 Å². The Morgan fingerprint density at radius 1 is 0.405 bits per heavy atom. The van der Waals surface area contributed by atoms with Gasteiger partial charge in [0, 0.05) is 42.0 Å². The van der Waals surface area contributed by atoms with Crippen molar-refractivity contribution in [1.29, 1.82) is 0 Å². The smallest absolute Gasteiger partial charge is 0.0544 e. The van der Waals surface area contributed by atoms with Gasteiger partial charge in [-0.05, 0) is 68.9 Å². The topological polar surface area (TPSA) is 15.8 Å². The summed E-state index contributed by atoms with van der Waals surface area (Å²) in [4.78, 5) is 3.75. The predicted octanol–water partition coefficient (Wildman–Crippen LogP) is 11.8. The number of thiophene rings is 1. The van der Waals surface area contributed by atoms with Gasteiger partial charge in [-0.15, -0.1) is 11.3 Å². The van der Waals surface area contributed by atoms with Crippen molar-refractivity contribution in [2.24, 2.45) is 0 Å². The van der Waals surface area contributed by atoms with Crippen LogP contribution in [-0.2, 0) is 0 Å². The van der Waals surface area contributed by atoms with E-state index in [9.17, 15) is 0 Å². The van der Waals surface area contributed by atoms with Gasteiger partial charge in [-0.25, -0.2) is 0 Å². The molecule has 1 nitrogen and oxygen atoms in total. The Hall–Kier alpha value is -5.18. The summed E-state index contributed by atoms with van der Waals surface area (Å²) in [5, 5.41) is 7.80. The molecule has 42 heavy (non-hydrogen) atoms. The van der Waals surface area contributed by atoms with Crippen LogP contribution in [0.25, 0.3) is 86.1 Å². The molecule has 9 aromatic rings. The van der Waals surface area contributed by atoms with Crippen LogP contribution in [-0.4, -0.2) is 4.98 Å². The number of para-hydroxylation sites is 1. The summed E-state index contributed by atoms with van der Waals surface area (Å²) in [6.07, 6.45) is 0. The number of H-pyrrole nitrogens is 1. The van der Waals surface area contributed by atoms with E-state index in [0.717, 1.165) is 0 Å². The molecule has 9 rings (SSSR count). The van der Waals surface area contributed by atoms with Gasteiger partial charge in [0.1, 0.15) is 0 Å². The Labute approximate surface area is 247 Å². The molecule has 0 saturated carbocycles. The van der Waals surface area contributed by atoms with Crippen LogP contribution in [0.3, 0.4) is 0 Å². The lowest BCUT2D eigenvalue weighted by atomic mass is 9.95. The lowest BCUT2D eigenvalue weighted by Crippen LogP contribution is -1.84. The third-order valence-electron chi connectivity index (χ3n) is 8.60. The van der Waals surface area contributed by atoms with Crippen LogP contribution in [0.1, 0.15) is 0 Å². The standard InChI is InChI=1S/C40H25NS/c1-2-13-31-25(8-1)19-21-36-39(31)35-16-7-15-32(40(35)41-36)30-12-6-11-28(23-30)26-9-5-10-27(22-26)29-18-20-34-33-14-3-4-17-37(33)42-38(34)24-29/h1-24,41H. The molecule has 0 atom stereocenters. The van der Waals surface area contributed by atoms with Gasteiger partial charge in [-0.1, -0.05) is 115 Å². The first kappa shape index (κ1) is 23.5. The zero-order valence-corrected chi connectivity index (χ0v) is 23.6. The Kier molecular flexibility index (Phi) is 5.13. The molecule has 196 valence electrons. The lowest BCUT2D eigenvalue weighted by molar-refractivity contribution is 1.53. The summed E-state index contributed by atoms with van der Waals surface area (Å²) in [5.41, 5.74) is 9.73. The molecule has 0 aliphatic carbocycles. The second kappa shape index (κ2) is 9.17. The first-order valence-corrected chi connectivity index (χ1v) is 15.2. The van der Waals surface area contributed by atoms with E-state index in [1.54, 1.807) is 0 Å². The van der Waals surface area contributed by atoms with Crippen molar-refractivity contribution in [1.82, 2.24) is 4.98 Å². The SMILES string of the molecule is c1cc(-c2cccc(-c3cccc4c3[nH]c3ccc5ccccc5c34)c2)cc(-c2ccc3c(c2)sc2ccccc23)c1. The van der Waals surface area contributed by atoms with Crippen molar-refractivity contribution in [2.45, 2.75) is 0 Å². The van der Waals surface area contributed by atoms with Crippen LogP contribution in [0.5, 0.6) is 0 Å². The molecule has 1 N–H and O–H groups in total. The average Bonchev–Trinajstić information content (AvgIpc) is 3.63. The summed E-state index contributed by atoms with van der Waals surface area (Å²) in [6.45, 7) is 0. The summed E-state index contributed by atoms with van der Waals surface area (Å²) in [5.74, 6) is 0. The van der Waals surface area contributed by atoms with Gasteiger partial charge in [0.05, 0.1) is 5.52 Å². The maximum absolute atomic E-state index is 3.75. The first-order chi connectivity index (χ1) is 20.8. The number of rotatable bonds is 3. The molecule has 0 spiro atoms. The first-order valence-electron chi connectivity index (χ1n) is 14.3. The van der Waals surface area contributed by atoms with Gasteiger partial charge in [0.25, 0.3) is 0 Å². The highest BCUT2D eigenvalue weighted by Gasteiger charge is 2.13. The number of hydrogen-bond acceptors (Lipinski definition) is 1. The van der Waals surface area contributed by atoms with E-state index in [4.69, 9.17) is 0 Å². The molecular formula is C40H25NS. The molecule has 0 aliphatic rings. The van der Waals surface area contributed by atoms with Crippen molar-refractivity contribution >= 4 is 64.1 Å². The van der Waals surface area contributed by atoms with Crippen molar-refractivity contribution in [2.75, 3.05) is 0 Å². The highest BCUT2D eigenvalue weighted by atomic mass is 32.1. The Balaban J connectivity index is 1.14. The Morgan fingerprint density at radius 3 is 1.90 bits per heavy atom. The minimum Gasteiger partial charge on any atom is -0.354 e. The normalized spacial score (nSPS) is 11.8. The van der Waals surface area contributed by atoms with Crippen LogP contribution in [0, 0.1) is 0 Å². The van der Waals surface area contributed by atoms with E-state index in [2.05, 4.69) is 151 Å². The molecule has 0 radical (unpaired) electrons. The van der Waals surface area contributed by atoms with Crippen LogP contribution in [0.4, 0.5) is 0 Å². The third kappa shape index (κ3) is 3.62. The molecule has 0 fully saturated rings. The van der Waals surface area contributed by atoms with Gasteiger partial charge < -0.3 is 4.98 Å². The second-order valence-electron chi connectivity index (χ2n) is 11.0. The number of hydrogen-bond donors (Lipinski definition) is 1. The molecule has 2 heterocycles. The van der Waals surface area contributed by atoms with Crippen molar-refractivity contribution < 1.29 is 0 Å². The van der Waals surface area contributed by atoms with E-state index in [-0.39, 0.29) is 0 Å². The number of benzene rings is 7. The second-order valence-corrected chi connectivity index (χ2v) is 12.1. The molecule has 2 heteroatoms. The summed E-state index contributed by atoms with van der Waals surface area (Å²) in [6, 6.07) is 53.2. The lowest BCUT2D eigenvalue weighted by Gasteiger charge is -2.10. The van der Waals surface area contributed by atoms with Crippen LogP contribution >= 0.6 is 11.3 Å². The van der Waals surface area contributed by atoms with Crippen LogP contribution in [0.15, 0.2) is 146 Å². The molecular weight excluding hydrogens is 527 g/mol. The molecule has 0 bridgehead atoms. The molecule has 0 saturated heterocycles. The number of nitrogens with one attached hydrogen (secondary N) is 1.